The second-order valence-corrected chi connectivity index (χ2v) is 9.93. The van der Waals surface area contributed by atoms with Gasteiger partial charge in [-0.15, -0.1) is 0 Å². The van der Waals surface area contributed by atoms with Crippen molar-refractivity contribution in [3.8, 4) is 5.75 Å². The molecule has 1 aromatic carbocycles. The van der Waals surface area contributed by atoms with Crippen LogP contribution in [0.15, 0.2) is 22.7 Å². The zero-order valence-electron chi connectivity index (χ0n) is 20.5. The number of ether oxygens (including phenoxy) is 1. The molecule has 1 aliphatic heterocycles. The van der Waals surface area contributed by atoms with E-state index in [2.05, 4.69) is 20.4 Å². The molecule has 0 spiro atoms. The van der Waals surface area contributed by atoms with Gasteiger partial charge >= 0.3 is 0 Å². The maximum absolute atomic E-state index is 12.3. The maximum atomic E-state index is 12.3. The van der Waals surface area contributed by atoms with E-state index >= 15 is 0 Å². The van der Waals surface area contributed by atoms with Crippen molar-refractivity contribution in [2.45, 2.75) is 71.3 Å². The molecule has 0 unspecified atom stereocenters. The lowest BCUT2D eigenvalue weighted by atomic mass is 9.92. The molecule has 2 aromatic rings. The lowest BCUT2D eigenvalue weighted by molar-refractivity contribution is 0.0921. The van der Waals surface area contributed by atoms with Crippen LogP contribution in [0.5, 0.6) is 5.75 Å². The molecular weight excluding hydrogens is 432 g/mol. The van der Waals surface area contributed by atoms with Crippen LogP contribution in [-0.4, -0.2) is 53.5 Å². The van der Waals surface area contributed by atoms with Gasteiger partial charge < -0.3 is 24.6 Å². The van der Waals surface area contributed by atoms with Crippen LogP contribution in [0.25, 0.3) is 0 Å². The van der Waals surface area contributed by atoms with E-state index in [1.807, 2.05) is 19.1 Å². The minimum absolute atomic E-state index is 0.0800. The van der Waals surface area contributed by atoms with E-state index < -0.39 is 0 Å². The van der Waals surface area contributed by atoms with Gasteiger partial charge in [0.2, 0.25) is 5.89 Å². The van der Waals surface area contributed by atoms with Gasteiger partial charge in [0.25, 0.3) is 11.9 Å². The largest absolute Gasteiger partial charge is 0.494 e. The first-order valence-corrected chi connectivity index (χ1v) is 12.7. The lowest BCUT2D eigenvalue weighted by Gasteiger charge is -2.30. The highest BCUT2D eigenvalue weighted by Gasteiger charge is 2.24. The second-order valence-electron chi connectivity index (χ2n) is 9.93. The van der Waals surface area contributed by atoms with E-state index in [-0.39, 0.29) is 18.6 Å². The van der Waals surface area contributed by atoms with Gasteiger partial charge in [-0.05, 0) is 86.7 Å². The monoisotopic (exact) mass is 470 g/mol. The third-order valence-electron chi connectivity index (χ3n) is 6.94. The smallest absolute Gasteiger partial charge is 0.266 e. The highest BCUT2D eigenvalue weighted by Crippen LogP contribution is 2.33. The van der Waals surface area contributed by atoms with Crippen LogP contribution in [0.1, 0.15) is 73.7 Å². The number of carbonyl (C=O) groups excluding carboxylic acids is 1. The Morgan fingerprint density at radius 2 is 2.00 bits per heavy atom. The normalized spacial score (nSPS) is 17.6. The molecule has 2 aliphatic rings. The minimum atomic E-state index is -0.267. The summed E-state index contributed by atoms with van der Waals surface area (Å²) < 4.78 is 11.4. The first-order chi connectivity index (χ1) is 16.5. The van der Waals surface area contributed by atoms with E-state index in [0.717, 1.165) is 74.3 Å². The quantitative estimate of drug-likeness (QED) is 0.454. The molecule has 0 bridgehead atoms. The molecule has 186 valence electrons. The number of hydrogen-bond donors (Lipinski definition) is 2. The number of anilines is 1. The summed E-state index contributed by atoms with van der Waals surface area (Å²) >= 11 is 0. The zero-order chi connectivity index (χ0) is 23.9. The van der Waals surface area contributed by atoms with Crippen molar-refractivity contribution >= 4 is 11.9 Å². The van der Waals surface area contributed by atoms with Crippen LogP contribution in [0.4, 0.5) is 5.95 Å². The Balaban J connectivity index is 1.13. The van der Waals surface area contributed by atoms with Crippen LogP contribution in [0, 0.1) is 18.8 Å². The molecule has 1 aliphatic carbocycles. The van der Waals surface area contributed by atoms with Crippen molar-refractivity contribution in [3.63, 3.8) is 0 Å². The number of piperidine rings is 1. The third kappa shape index (κ3) is 6.95. The van der Waals surface area contributed by atoms with Gasteiger partial charge in [0.05, 0.1) is 13.2 Å². The predicted octanol–water partition coefficient (Wildman–Crippen LogP) is 3.91. The summed E-state index contributed by atoms with van der Waals surface area (Å²) in [7, 11) is 0. The van der Waals surface area contributed by atoms with Gasteiger partial charge in [-0.25, -0.2) is 0 Å². The van der Waals surface area contributed by atoms with Crippen LogP contribution < -0.4 is 15.0 Å². The highest BCUT2D eigenvalue weighted by molar-refractivity contribution is 5.95. The standard InChI is InChI=1S/C26H38N4O4/c1-18-16-22(8-9-23(18)25(32)27-19(2)17-31)33-15-3-4-20-11-13-30(14-12-20)26-28-24(34-29-26)10-7-21-5-6-21/h8-9,16,19-21,31H,3-7,10-15,17H2,1-2H3,(H,27,32)/t19-/m1/s1. The van der Waals surface area contributed by atoms with Gasteiger partial charge in [0.1, 0.15) is 5.75 Å². The van der Waals surface area contributed by atoms with Crippen molar-refractivity contribution in [2.75, 3.05) is 31.2 Å². The van der Waals surface area contributed by atoms with Crippen molar-refractivity contribution in [2.24, 2.45) is 11.8 Å². The van der Waals surface area contributed by atoms with Crippen LogP contribution in [0.3, 0.4) is 0 Å². The summed E-state index contributed by atoms with van der Waals surface area (Å²) in [6.45, 7) is 6.21. The summed E-state index contributed by atoms with van der Waals surface area (Å²) in [5.74, 6) is 3.73. The number of nitrogens with one attached hydrogen (secondary N) is 1. The van der Waals surface area contributed by atoms with Gasteiger partial charge in [-0.2, -0.15) is 4.98 Å². The number of nitrogens with zero attached hydrogens (tertiary/aromatic N) is 3. The van der Waals surface area contributed by atoms with Crippen molar-refractivity contribution in [3.05, 3.63) is 35.2 Å². The Kier molecular flexibility index (Phi) is 8.43. The van der Waals surface area contributed by atoms with Crippen LogP contribution in [-0.2, 0) is 6.42 Å². The average Bonchev–Trinajstić information content (AvgIpc) is 3.56. The topological polar surface area (TPSA) is 101 Å². The van der Waals surface area contributed by atoms with E-state index in [4.69, 9.17) is 14.4 Å². The predicted molar refractivity (Wildman–Crippen MR) is 130 cm³/mol. The number of aliphatic hydroxyl groups is 1. The van der Waals surface area contributed by atoms with Crippen molar-refractivity contribution < 1.29 is 19.2 Å². The number of rotatable bonds is 12. The Labute approximate surface area is 202 Å². The van der Waals surface area contributed by atoms with Crippen LogP contribution in [0.2, 0.25) is 0 Å². The molecule has 1 saturated heterocycles. The van der Waals surface area contributed by atoms with Crippen molar-refractivity contribution in [1.82, 2.24) is 15.5 Å². The Morgan fingerprint density at radius 1 is 1.24 bits per heavy atom. The molecule has 8 nitrogen and oxygen atoms in total. The van der Waals surface area contributed by atoms with Gasteiger partial charge in [0, 0.05) is 31.1 Å². The van der Waals surface area contributed by atoms with E-state index in [1.165, 1.54) is 19.3 Å². The van der Waals surface area contributed by atoms with Gasteiger partial charge in [-0.1, -0.05) is 12.8 Å². The van der Waals surface area contributed by atoms with Crippen molar-refractivity contribution in [1.29, 1.82) is 0 Å². The SMILES string of the molecule is Cc1cc(OCCCC2CCN(c3noc(CCC4CC4)n3)CC2)ccc1C(=O)N[C@H](C)CO. The molecule has 2 N–H and O–H groups in total. The molecule has 1 saturated carbocycles. The highest BCUT2D eigenvalue weighted by atomic mass is 16.5. The first kappa shape index (κ1) is 24.5. The van der Waals surface area contributed by atoms with E-state index in [0.29, 0.717) is 18.1 Å². The molecule has 1 aromatic heterocycles. The average molecular weight is 471 g/mol. The Hall–Kier alpha value is -2.61. The number of benzene rings is 1. The molecule has 8 heteroatoms. The molecular formula is C26H38N4O4. The minimum Gasteiger partial charge on any atom is -0.494 e. The summed E-state index contributed by atoms with van der Waals surface area (Å²) in [6, 6.07) is 5.26. The Morgan fingerprint density at radius 3 is 2.71 bits per heavy atom. The molecule has 34 heavy (non-hydrogen) atoms. The molecule has 4 rings (SSSR count). The first-order valence-electron chi connectivity index (χ1n) is 12.7. The fourth-order valence-corrected chi connectivity index (χ4v) is 4.52. The summed E-state index contributed by atoms with van der Waals surface area (Å²) in [5, 5.41) is 16.1. The number of aromatic nitrogens is 2. The number of hydrogen-bond acceptors (Lipinski definition) is 7. The summed E-state index contributed by atoms with van der Waals surface area (Å²) in [6.07, 6.45) is 9.23. The second kappa shape index (κ2) is 11.7. The number of aryl methyl sites for hydroxylation is 2. The fourth-order valence-electron chi connectivity index (χ4n) is 4.52. The third-order valence-corrected chi connectivity index (χ3v) is 6.94. The Bertz CT molecular complexity index is 935. The fraction of sp³-hybridized carbons (Fsp3) is 0.654. The van der Waals surface area contributed by atoms with E-state index in [9.17, 15) is 4.79 Å². The molecule has 2 heterocycles. The molecule has 1 atom stereocenters. The van der Waals surface area contributed by atoms with Gasteiger partial charge in [0.15, 0.2) is 0 Å². The molecule has 0 radical (unpaired) electrons. The number of amides is 1. The lowest BCUT2D eigenvalue weighted by Crippen LogP contribution is -2.35. The summed E-state index contributed by atoms with van der Waals surface area (Å²) in [5.41, 5.74) is 1.47. The molecule has 1 amide bonds. The number of aliphatic hydroxyl groups excluding tert-OH is 1. The number of carbonyl (C=O) groups is 1. The van der Waals surface area contributed by atoms with Crippen LogP contribution >= 0.6 is 0 Å². The zero-order valence-corrected chi connectivity index (χ0v) is 20.5. The van der Waals surface area contributed by atoms with E-state index in [1.54, 1.807) is 13.0 Å². The molecule has 2 fully saturated rings. The maximum Gasteiger partial charge on any atom is 0.266 e. The van der Waals surface area contributed by atoms with Gasteiger partial charge in [-0.3, -0.25) is 4.79 Å². The summed E-state index contributed by atoms with van der Waals surface area (Å²) in [4.78, 5) is 19.1.